The summed E-state index contributed by atoms with van der Waals surface area (Å²) in [5.74, 6) is 0.975. The van der Waals surface area contributed by atoms with Crippen molar-refractivity contribution in [3.63, 3.8) is 0 Å². The van der Waals surface area contributed by atoms with Crippen LogP contribution in [0.1, 0.15) is 17.0 Å². The number of rotatable bonds is 6. The number of thiocarbonyl (C=S) groups is 1. The molecule has 0 aliphatic heterocycles. The van der Waals surface area contributed by atoms with Crippen LogP contribution in [0.2, 0.25) is 0 Å². The Balaban J connectivity index is 1.50. The highest BCUT2D eigenvalue weighted by Gasteiger charge is 2.13. The SMILES string of the molecule is Cc1cccc(NC(=S)N(CCc2nc3ccccc3[nH]2)Cc2ccccc2)c1. The monoisotopic (exact) mass is 400 g/mol. The lowest BCUT2D eigenvalue weighted by molar-refractivity contribution is 0.419. The van der Waals surface area contributed by atoms with Gasteiger partial charge in [-0.3, -0.25) is 0 Å². The summed E-state index contributed by atoms with van der Waals surface area (Å²) in [5, 5.41) is 4.11. The van der Waals surface area contributed by atoms with Gasteiger partial charge in [-0.25, -0.2) is 4.98 Å². The molecule has 0 saturated carbocycles. The molecule has 146 valence electrons. The number of aromatic amines is 1. The van der Waals surface area contributed by atoms with E-state index in [1.165, 1.54) is 11.1 Å². The van der Waals surface area contributed by atoms with Crippen molar-refractivity contribution in [2.75, 3.05) is 11.9 Å². The second-order valence-corrected chi connectivity index (χ2v) is 7.54. The molecule has 5 heteroatoms. The number of nitrogens with zero attached hydrogens (tertiary/aromatic N) is 2. The zero-order valence-electron chi connectivity index (χ0n) is 16.4. The molecule has 0 aliphatic rings. The van der Waals surface area contributed by atoms with Crippen LogP contribution in [-0.2, 0) is 13.0 Å². The fourth-order valence-electron chi connectivity index (χ4n) is 3.35. The van der Waals surface area contributed by atoms with E-state index in [9.17, 15) is 0 Å². The number of H-pyrrole nitrogens is 1. The minimum atomic E-state index is 0.718. The van der Waals surface area contributed by atoms with Crippen LogP contribution in [0.4, 0.5) is 5.69 Å². The Morgan fingerprint density at radius 2 is 1.79 bits per heavy atom. The van der Waals surface area contributed by atoms with Crippen molar-refractivity contribution < 1.29 is 0 Å². The summed E-state index contributed by atoms with van der Waals surface area (Å²) >= 11 is 5.76. The largest absolute Gasteiger partial charge is 0.344 e. The highest BCUT2D eigenvalue weighted by Crippen LogP contribution is 2.14. The van der Waals surface area contributed by atoms with Crippen molar-refractivity contribution in [2.45, 2.75) is 19.9 Å². The summed E-state index contributed by atoms with van der Waals surface area (Å²) < 4.78 is 0. The van der Waals surface area contributed by atoms with E-state index in [4.69, 9.17) is 17.2 Å². The van der Waals surface area contributed by atoms with Gasteiger partial charge in [0, 0.05) is 25.2 Å². The molecular formula is C24H24N4S. The zero-order valence-corrected chi connectivity index (χ0v) is 17.2. The van der Waals surface area contributed by atoms with E-state index in [1.807, 2.05) is 36.4 Å². The second-order valence-electron chi connectivity index (χ2n) is 7.16. The van der Waals surface area contributed by atoms with Crippen LogP contribution in [0.3, 0.4) is 0 Å². The third-order valence-electron chi connectivity index (χ3n) is 4.83. The molecule has 0 fully saturated rings. The number of para-hydroxylation sites is 2. The van der Waals surface area contributed by atoms with Crippen LogP contribution in [0.15, 0.2) is 78.9 Å². The molecule has 0 radical (unpaired) electrons. The van der Waals surface area contributed by atoms with E-state index in [0.29, 0.717) is 0 Å². The molecule has 4 nitrogen and oxygen atoms in total. The lowest BCUT2D eigenvalue weighted by atomic mass is 10.2. The van der Waals surface area contributed by atoms with Crippen molar-refractivity contribution in [3.05, 3.63) is 95.8 Å². The number of nitrogens with one attached hydrogen (secondary N) is 2. The topological polar surface area (TPSA) is 44.0 Å². The zero-order chi connectivity index (χ0) is 20.1. The molecule has 1 aromatic heterocycles. The molecule has 4 rings (SSSR count). The van der Waals surface area contributed by atoms with Gasteiger partial charge in [-0.2, -0.15) is 0 Å². The van der Waals surface area contributed by atoms with Crippen LogP contribution in [-0.4, -0.2) is 26.5 Å². The lowest BCUT2D eigenvalue weighted by Gasteiger charge is -2.26. The van der Waals surface area contributed by atoms with E-state index in [-0.39, 0.29) is 0 Å². The molecule has 0 atom stereocenters. The molecule has 1 heterocycles. The van der Waals surface area contributed by atoms with Gasteiger partial charge < -0.3 is 15.2 Å². The number of benzene rings is 3. The van der Waals surface area contributed by atoms with Crippen molar-refractivity contribution in [2.24, 2.45) is 0 Å². The van der Waals surface area contributed by atoms with Crippen molar-refractivity contribution in [3.8, 4) is 0 Å². The maximum atomic E-state index is 5.76. The number of fused-ring (bicyclic) bond motifs is 1. The Hall–Kier alpha value is -3.18. The maximum Gasteiger partial charge on any atom is 0.173 e. The van der Waals surface area contributed by atoms with E-state index >= 15 is 0 Å². The second kappa shape index (κ2) is 8.88. The van der Waals surface area contributed by atoms with Gasteiger partial charge in [0.15, 0.2) is 5.11 Å². The summed E-state index contributed by atoms with van der Waals surface area (Å²) in [6.07, 6.45) is 0.789. The molecule has 0 bridgehead atoms. The number of aromatic nitrogens is 2. The first-order chi connectivity index (χ1) is 14.2. The van der Waals surface area contributed by atoms with Gasteiger partial charge in [-0.05, 0) is 54.5 Å². The standard InChI is InChI=1S/C24H24N4S/c1-18-8-7-11-20(16-18)25-24(29)28(17-19-9-3-2-4-10-19)15-14-23-26-21-12-5-6-13-22(21)27-23/h2-13,16H,14-15,17H2,1H3,(H,25,29)(H,26,27). The molecule has 0 aliphatic carbocycles. The fraction of sp³-hybridized carbons (Fsp3) is 0.167. The van der Waals surface area contributed by atoms with Crippen molar-refractivity contribution in [1.29, 1.82) is 0 Å². The number of hydrogen-bond donors (Lipinski definition) is 2. The van der Waals surface area contributed by atoms with Gasteiger partial charge in [0.25, 0.3) is 0 Å². The van der Waals surface area contributed by atoms with Crippen LogP contribution < -0.4 is 5.32 Å². The maximum absolute atomic E-state index is 5.76. The molecule has 2 N–H and O–H groups in total. The predicted octanol–water partition coefficient (Wildman–Crippen LogP) is 5.31. The minimum absolute atomic E-state index is 0.718. The van der Waals surface area contributed by atoms with Gasteiger partial charge in [0.1, 0.15) is 5.82 Å². The first kappa shape index (κ1) is 19.2. The van der Waals surface area contributed by atoms with Gasteiger partial charge in [0.2, 0.25) is 0 Å². The first-order valence-corrected chi connectivity index (χ1v) is 10.2. The summed E-state index contributed by atoms with van der Waals surface area (Å²) in [5.41, 5.74) is 5.51. The van der Waals surface area contributed by atoms with Gasteiger partial charge >= 0.3 is 0 Å². The Kier molecular flexibility index (Phi) is 5.86. The van der Waals surface area contributed by atoms with E-state index in [0.717, 1.165) is 47.2 Å². The normalized spacial score (nSPS) is 10.8. The Labute approximate surface area is 176 Å². The van der Waals surface area contributed by atoms with Crippen molar-refractivity contribution >= 4 is 34.1 Å². The fourth-order valence-corrected chi connectivity index (χ4v) is 3.62. The Bertz CT molecular complexity index is 1070. The molecule has 3 aromatic carbocycles. The number of aryl methyl sites for hydroxylation is 1. The molecule has 29 heavy (non-hydrogen) atoms. The summed E-state index contributed by atoms with van der Waals surface area (Å²) in [6, 6.07) is 26.8. The van der Waals surface area contributed by atoms with Gasteiger partial charge in [-0.15, -0.1) is 0 Å². The highest BCUT2D eigenvalue weighted by molar-refractivity contribution is 7.80. The molecule has 0 saturated heterocycles. The smallest absolute Gasteiger partial charge is 0.173 e. The summed E-state index contributed by atoms with van der Waals surface area (Å²) in [7, 11) is 0. The van der Waals surface area contributed by atoms with Gasteiger partial charge in [-0.1, -0.05) is 54.6 Å². The van der Waals surface area contributed by atoms with Crippen LogP contribution in [0, 0.1) is 6.92 Å². The molecular weight excluding hydrogens is 376 g/mol. The van der Waals surface area contributed by atoms with Crippen LogP contribution >= 0.6 is 12.2 Å². The van der Waals surface area contributed by atoms with Crippen LogP contribution in [0.5, 0.6) is 0 Å². The van der Waals surface area contributed by atoms with E-state index < -0.39 is 0 Å². The van der Waals surface area contributed by atoms with E-state index in [2.05, 4.69) is 64.6 Å². The molecule has 0 unspecified atom stereocenters. The predicted molar refractivity (Wildman–Crippen MR) is 124 cm³/mol. The summed E-state index contributed by atoms with van der Waals surface area (Å²) in [6.45, 7) is 3.60. The van der Waals surface area contributed by atoms with E-state index in [1.54, 1.807) is 0 Å². The quantitative estimate of drug-likeness (QED) is 0.430. The average Bonchev–Trinajstić information content (AvgIpc) is 3.15. The minimum Gasteiger partial charge on any atom is -0.344 e. The third kappa shape index (κ3) is 5.00. The highest BCUT2D eigenvalue weighted by atomic mass is 32.1. The van der Waals surface area contributed by atoms with Gasteiger partial charge in [0.05, 0.1) is 11.0 Å². The summed E-state index contributed by atoms with van der Waals surface area (Å²) in [4.78, 5) is 10.3. The lowest BCUT2D eigenvalue weighted by Crippen LogP contribution is -2.36. The Morgan fingerprint density at radius 3 is 2.59 bits per heavy atom. The number of hydrogen-bond acceptors (Lipinski definition) is 2. The number of imidazole rings is 1. The molecule has 4 aromatic rings. The number of anilines is 1. The molecule has 0 amide bonds. The third-order valence-corrected chi connectivity index (χ3v) is 5.19. The van der Waals surface area contributed by atoms with Crippen LogP contribution in [0.25, 0.3) is 11.0 Å². The molecule has 0 spiro atoms. The first-order valence-electron chi connectivity index (χ1n) is 9.77. The Morgan fingerprint density at radius 1 is 1.00 bits per heavy atom. The average molecular weight is 401 g/mol. The van der Waals surface area contributed by atoms with Crippen molar-refractivity contribution in [1.82, 2.24) is 14.9 Å².